The Morgan fingerprint density at radius 1 is 1.53 bits per heavy atom. The molecule has 0 radical (unpaired) electrons. The lowest BCUT2D eigenvalue weighted by Crippen LogP contribution is -2.37. The summed E-state index contributed by atoms with van der Waals surface area (Å²) in [5.74, 6) is -0.742. The molecule has 1 saturated heterocycles. The smallest absolute Gasteiger partial charge is 0.238 e. The molecule has 6 nitrogen and oxygen atoms in total. The van der Waals surface area contributed by atoms with Gasteiger partial charge in [0.1, 0.15) is 11.4 Å². The second-order valence-corrected chi connectivity index (χ2v) is 6.13. The van der Waals surface area contributed by atoms with Gasteiger partial charge in [0.15, 0.2) is 0 Å². The number of benzene rings is 1. The van der Waals surface area contributed by atoms with Crippen molar-refractivity contribution in [2.45, 2.75) is 16.9 Å². The fourth-order valence-electron chi connectivity index (χ4n) is 1.81. The molecule has 1 unspecified atom stereocenters. The van der Waals surface area contributed by atoms with Crippen LogP contribution in [0.5, 0.6) is 0 Å². The molecule has 0 amide bonds. The molecule has 0 saturated carbocycles. The normalized spacial score (nSPS) is 23.5. The van der Waals surface area contributed by atoms with E-state index in [1.807, 2.05) is 0 Å². The van der Waals surface area contributed by atoms with Gasteiger partial charge in [-0.05, 0) is 18.2 Å². The lowest BCUT2D eigenvalue weighted by atomic mass is 10.0. The van der Waals surface area contributed by atoms with Gasteiger partial charge < -0.3 is 15.2 Å². The molecule has 1 heterocycles. The van der Waals surface area contributed by atoms with Crippen LogP contribution in [0.15, 0.2) is 23.1 Å². The highest BCUT2D eigenvalue weighted by molar-refractivity contribution is 7.89. The van der Waals surface area contributed by atoms with Crippen molar-refractivity contribution in [3.05, 3.63) is 24.0 Å². The first kappa shape index (κ1) is 14.2. The van der Waals surface area contributed by atoms with Crippen LogP contribution in [0.3, 0.4) is 0 Å². The number of rotatable bonds is 4. The minimum Gasteiger partial charge on any atom is -0.386 e. The van der Waals surface area contributed by atoms with Crippen molar-refractivity contribution in [3.8, 4) is 0 Å². The van der Waals surface area contributed by atoms with Crippen LogP contribution in [-0.2, 0) is 14.8 Å². The Hall–Kier alpha value is -1.22. The quantitative estimate of drug-likeness (QED) is 0.726. The maximum absolute atomic E-state index is 13.7. The zero-order valence-corrected chi connectivity index (χ0v) is 10.9. The van der Waals surface area contributed by atoms with E-state index >= 15 is 0 Å². The minimum absolute atomic E-state index is 0.104. The molecule has 2 rings (SSSR count). The molecule has 0 aromatic heterocycles. The number of nitrogens with two attached hydrogens (primary N) is 1. The SMILES string of the molecule is NS(=O)(=O)c1ccc(NCC2(O)CCOC2)c(F)c1. The topological polar surface area (TPSA) is 102 Å². The summed E-state index contributed by atoms with van der Waals surface area (Å²) in [5, 5.41) is 17.6. The Kier molecular flexibility index (Phi) is 3.77. The van der Waals surface area contributed by atoms with Crippen molar-refractivity contribution in [3.63, 3.8) is 0 Å². The van der Waals surface area contributed by atoms with Gasteiger partial charge in [-0.25, -0.2) is 17.9 Å². The van der Waals surface area contributed by atoms with Crippen molar-refractivity contribution in [2.24, 2.45) is 5.14 Å². The van der Waals surface area contributed by atoms with Crippen LogP contribution in [0.25, 0.3) is 0 Å². The van der Waals surface area contributed by atoms with Crippen LogP contribution in [0, 0.1) is 5.82 Å². The number of hydrogen-bond acceptors (Lipinski definition) is 5. The van der Waals surface area contributed by atoms with Crippen molar-refractivity contribution < 1.29 is 22.7 Å². The van der Waals surface area contributed by atoms with Crippen LogP contribution in [0.1, 0.15) is 6.42 Å². The Balaban J connectivity index is 2.09. The molecule has 1 aliphatic heterocycles. The first-order valence-electron chi connectivity index (χ1n) is 5.67. The predicted octanol–water partition coefficient (Wildman–Crippen LogP) is 0.0364. The molecule has 1 aromatic carbocycles. The van der Waals surface area contributed by atoms with E-state index in [4.69, 9.17) is 9.88 Å². The molecule has 1 aliphatic rings. The molecule has 0 bridgehead atoms. The van der Waals surface area contributed by atoms with E-state index in [1.165, 1.54) is 12.1 Å². The number of hydrogen-bond donors (Lipinski definition) is 3. The maximum Gasteiger partial charge on any atom is 0.238 e. The molecule has 4 N–H and O–H groups in total. The first-order chi connectivity index (χ1) is 8.80. The van der Waals surface area contributed by atoms with Gasteiger partial charge in [0, 0.05) is 19.6 Å². The van der Waals surface area contributed by atoms with Crippen LogP contribution in [0.2, 0.25) is 0 Å². The first-order valence-corrected chi connectivity index (χ1v) is 7.21. The average molecular weight is 290 g/mol. The Morgan fingerprint density at radius 3 is 2.79 bits per heavy atom. The number of anilines is 1. The van der Waals surface area contributed by atoms with Crippen LogP contribution >= 0.6 is 0 Å². The zero-order chi connectivity index (χ0) is 14.1. The third-order valence-electron chi connectivity index (χ3n) is 2.96. The van der Waals surface area contributed by atoms with Crippen LogP contribution < -0.4 is 10.5 Å². The largest absolute Gasteiger partial charge is 0.386 e. The summed E-state index contributed by atoms with van der Waals surface area (Å²) in [6.07, 6.45) is 0.469. The van der Waals surface area contributed by atoms with Crippen LogP contribution in [-0.4, -0.2) is 38.9 Å². The fraction of sp³-hybridized carbons (Fsp3) is 0.455. The van der Waals surface area contributed by atoms with Gasteiger partial charge in [0.2, 0.25) is 10.0 Å². The van der Waals surface area contributed by atoms with E-state index in [0.717, 1.165) is 6.07 Å². The zero-order valence-electron chi connectivity index (χ0n) is 10.1. The van der Waals surface area contributed by atoms with Gasteiger partial charge in [0.05, 0.1) is 17.2 Å². The molecule has 1 aromatic rings. The molecular formula is C11H15FN2O4S. The second kappa shape index (κ2) is 5.04. The summed E-state index contributed by atoms with van der Waals surface area (Å²) in [5.41, 5.74) is -0.918. The maximum atomic E-state index is 13.7. The van der Waals surface area contributed by atoms with Crippen molar-refractivity contribution in [1.29, 1.82) is 0 Å². The third kappa shape index (κ3) is 3.41. The Bertz CT molecular complexity index is 570. The van der Waals surface area contributed by atoms with E-state index in [-0.39, 0.29) is 23.7 Å². The van der Waals surface area contributed by atoms with Crippen molar-refractivity contribution >= 4 is 15.7 Å². The Morgan fingerprint density at radius 2 is 2.26 bits per heavy atom. The Labute approximate surface area is 110 Å². The van der Waals surface area contributed by atoms with Gasteiger partial charge in [-0.1, -0.05) is 0 Å². The highest BCUT2D eigenvalue weighted by Gasteiger charge is 2.32. The molecule has 0 aliphatic carbocycles. The predicted molar refractivity (Wildman–Crippen MR) is 66.6 cm³/mol. The number of ether oxygens (including phenoxy) is 1. The highest BCUT2D eigenvalue weighted by Crippen LogP contribution is 2.22. The lowest BCUT2D eigenvalue weighted by Gasteiger charge is -2.21. The van der Waals surface area contributed by atoms with Gasteiger partial charge in [-0.3, -0.25) is 0 Å². The standard InChI is InChI=1S/C11H15FN2O4S/c12-9-5-8(19(13,16)17)1-2-10(9)14-6-11(15)3-4-18-7-11/h1-2,5,14-15H,3-4,6-7H2,(H2,13,16,17). The summed E-state index contributed by atoms with van der Waals surface area (Å²) in [6.45, 7) is 0.778. The summed E-state index contributed by atoms with van der Waals surface area (Å²) >= 11 is 0. The van der Waals surface area contributed by atoms with E-state index in [9.17, 15) is 17.9 Å². The van der Waals surface area contributed by atoms with Crippen molar-refractivity contribution in [1.82, 2.24) is 0 Å². The van der Waals surface area contributed by atoms with E-state index in [2.05, 4.69) is 5.32 Å². The van der Waals surface area contributed by atoms with E-state index < -0.39 is 21.4 Å². The lowest BCUT2D eigenvalue weighted by molar-refractivity contribution is 0.0381. The number of halogens is 1. The van der Waals surface area contributed by atoms with Gasteiger partial charge >= 0.3 is 0 Å². The van der Waals surface area contributed by atoms with Crippen molar-refractivity contribution in [2.75, 3.05) is 25.1 Å². The molecule has 19 heavy (non-hydrogen) atoms. The highest BCUT2D eigenvalue weighted by atomic mass is 32.2. The van der Waals surface area contributed by atoms with Gasteiger partial charge in [-0.15, -0.1) is 0 Å². The number of nitrogens with one attached hydrogen (secondary N) is 1. The number of primary sulfonamides is 1. The molecular weight excluding hydrogens is 275 g/mol. The second-order valence-electron chi connectivity index (χ2n) is 4.57. The summed E-state index contributed by atoms with van der Waals surface area (Å²) in [4.78, 5) is -0.293. The number of aliphatic hydroxyl groups is 1. The van der Waals surface area contributed by atoms with Gasteiger partial charge in [-0.2, -0.15) is 0 Å². The third-order valence-corrected chi connectivity index (χ3v) is 3.87. The molecule has 0 spiro atoms. The molecule has 8 heteroatoms. The van der Waals surface area contributed by atoms with Crippen LogP contribution in [0.4, 0.5) is 10.1 Å². The summed E-state index contributed by atoms with van der Waals surface area (Å²) in [6, 6.07) is 3.32. The van der Waals surface area contributed by atoms with Gasteiger partial charge in [0.25, 0.3) is 0 Å². The summed E-state index contributed by atoms with van der Waals surface area (Å²) in [7, 11) is -3.92. The molecule has 1 fully saturated rings. The average Bonchev–Trinajstić information content (AvgIpc) is 2.74. The van der Waals surface area contributed by atoms with E-state index in [0.29, 0.717) is 13.0 Å². The molecule has 106 valence electrons. The number of sulfonamides is 1. The minimum atomic E-state index is -3.92. The summed E-state index contributed by atoms with van der Waals surface area (Å²) < 4.78 is 40.8. The monoisotopic (exact) mass is 290 g/mol. The molecule has 1 atom stereocenters. The van der Waals surface area contributed by atoms with E-state index in [1.54, 1.807) is 0 Å². The fourth-order valence-corrected chi connectivity index (χ4v) is 2.34.